The molecule has 0 spiro atoms. The minimum atomic E-state index is -5.07. The van der Waals surface area contributed by atoms with E-state index in [-0.39, 0.29) is 12.8 Å². The Bertz CT molecular complexity index is 574. The Morgan fingerprint density at radius 3 is 1.84 bits per heavy atom. The molecule has 0 aliphatic rings. The molecular formula is C15H31NO7P2. The van der Waals surface area contributed by atoms with E-state index in [4.69, 9.17) is 14.7 Å². The van der Waals surface area contributed by atoms with E-state index in [1.54, 1.807) is 6.08 Å². The fraction of sp³-hybridized carbons (Fsp3) is 0.600. The summed E-state index contributed by atoms with van der Waals surface area (Å²) in [5.41, 5.74) is 3.57. The summed E-state index contributed by atoms with van der Waals surface area (Å²) in [6, 6.07) is 0. The molecule has 0 aromatic carbocycles. The van der Waals surface area contributed by atoms with E-state index in [0.717, 1.165) is 31.3 Å². The minimum Gasteiger partial charge on any atom is -0.344 e. The van der Waals surface area contributed by atoms with Gasteiger partial charge in [0.15, 0.2) is 0 Å². The van der Waals surface area contributed by atoms with Crippen LogP contribution >= 0.6 is 15.6 Å². The van der Waals surface area contributed by atoms with Crippen LogP contribution in [0.5, 0.6) is 0 Å². The third-order valence-corrected chi connectivity index (χ3v) is 5.15. The maximum atomic E-state index is 11.2. The Balaban J connectivity index is 0. The van der Waals surface area contributed by atoms with Gasteiger partial charge in [0.25, 0.3) is 0 Å². The van der Waals surface area contributed by atoms with E-state index < -0.39 is 15.6 Å². The van der Waals surface area contributed by atoms with Gasteiger partial charge in [0.1, 0.15) is 0 Å². The van der Waals surface area contributed by atoms with Crippen LogP contribution in [0.4, 0.5) is 0 Å². The lowest BCUT2D eigenvalue weighted by Crippen LogP contribution is -1.94. The second-order valence-electron chi connectivity index (χ2n) is 5.80. The molecule has 10 heteroatoms. The molecule has 0 aliphatic carbocycles. The summed E-state index contributed by atoms with van der Waals surface area (Å²) in [6.07, 6.45) is 9.59. The summed E-state index contributed by atoms with van der Waals surface area (Å²) in [5.74, 6) is 0. The van der Waals surface area contributed by atoms with E-state index in [1.165, 1.54) is 11.1 Å². The zero-order chi connectivity index (χ0) is 18.8. The normalized spacial score (nSPS) is 15.3. The van der Waals surface area contributed by atoms with E-state index in [0.29, 0.717) is 0 Å². The summed E-state index contributed by atoms with van der Waals surface area (Å²) >= 11 is 0. The van der Waals surface area contributed by atoms with Crippen molar-refractivity contribution in [1.29, 1.82) is 0 Å². The molecule has 0 fully saturated rings. The first kappa shape index (κ1) is 26.7. The molecule has 0 bridgehead atoms. The Labute approximate surface area is 150 Å². The maximum Gasteiger partial charge on any atom is 0.481 e. The Morgan fingerprint density at radius 2 is 1.36 bits per heavy atom. The quantitative estimate of drug-likeness (QED) is 0.286. The second kappa shape index (κ2) is 12.7. The summed E-state index contributed by atoms with van der Waals surface area (Å²) < 4.78 is 29.9. The number of hydrogen-bond acceptors (Lipinski definition) is 5. The molecule has 1 unspecified atom stereocenters. The van der Waals surface area contributed by atoms with Crippen molar-refractivity contribution in [3.63, 3.8) is 0 Å². The average Bonchev–Trinajstić information content (AvgIpc) is 2.34. The van der Waals surface area contributed by atoms with Crippen molar-refractivity contribution in [3.05, 3.63) is 34.9 Å². The van der Waals surface area contributed by atoms with Crippen LogP contribution in [-0.4, -0.2) is 21.3 Å². The molecule has 0 amide bonds. The van der Waals surface area contributed by atoms with Crippen LogP contribution in [0.25, 0.3) is 0 Å². The van der Waals surface area contributed by atoms with Gasteiger partial charge in [0.05, 0.1) is 6.61 Å². The lowest BCUT2D eigenvalue weighted by molar-refractivity contribution is 0.191. The number of phosphoric ester groups is 1. The summed E-state index contributed by atoms with van der Waals surface area (Å²) in [6.45, 7) is 7.82. The predicted molar refractivity (Wildman–Crippen MR) is 99.3 cm³/mol. The highest BCUT2D eigenvalue weighted by Crippen LogP contribution is 2.57. The van der Waals surface area contributed by atoms with Gasteiger partial charge in [-0.05, 0) is 53.4 Å². The summed E-state index contributed by atoms with van der Waals surface area (Å²) in [7, 11) is -9.82. The highest BCUT2D eigenvalue weighted by molar-refractivity contribution is 7.60. The highest BCUT2D eigenvalue weighted by atomic mass is 31.3. The fourth-order valence-electron chi connectivity index (χ4n) is 1.77. The Kier molecular flexibility index (Phi) is 13.6. The predicted octanol–water partition coefficient (Wildman–Crippen LogP) is 4.79. The Hall–Kier alpha value is -0.560. The van der Waals surface area contributed by atoms with E-state index >= 15 is 0 Å². The second-order valence-corrected chi connectivity index (χ2v) is 8.63. The Morgan fingerprint density at radius 1 is 0.880 bits per heavy atom. The standard InChI is InChI=1S/C15H28O7P2.H3N/c1-13(2)7-5-8-14(3)9-6-10-15(4)11-12-21-24(19,20)22-23(16,17)18;/h7,9,11H,5-6,8,10,12H2,1-4H3,(H,19,20)(H2,16,17,18);1H3. The van der Waals surface area contributed by atoms with Crippen molar-refractivity contribution < 1.29 is 32.6 Å². The average molecular weight is 399 g/mol. The van der Waals surface area contributed by atoms with Crippen LogP contribution in [0.3, 0.4) is 0 Å². The van der Waals surface area contributed by atoms with Crippen molar-refractivity contribution >= 4 is 15.6 Å². The van der Waals surface area contributed by atoms with Gasteiger partial charge in [0.2, 0.25) is 0 Å². The first-order valence-electron chi connectivity index (χ1n) is 7.60. The van der Waals surface area contributed by atoms with E-state index in [9.17, 15) is 9.13 Å². The molecule has 25 heavy (non-hydrogen) atoms. The molecule has 148 valence electrons. The van der Waals surface area contributed by atoms with Crippen molar-refractivity contribution in [2.75, 3.05) is 6.61 Å². The molecule has 0 heterocycles. The molecule has 0 rings (SSSR count). The molecule has 0 radical (unpaired) electrons. The van der Waals surface area contributed by atoms with E-state index in [2.05, 4.69) is 41.8 Å². The fourth-order valence-corrected chi connectivity index (χ4v) is 3.30. The number of phosphoric acid groups is 2. The summed E-state index contributed by atoms with van der Waals surface area (Å²) in [5, 5.41) is 0. The molecule has 0 aromatic rings. The minimum absolute atomic E-state index is 0. The maximum absolute atomic E-state index is 11.2. The highest BCUT2D eigenvalue weighted by Gasteiger charge is 2.31. The van der Waals surface area contributed by atoms with Gasteiger partial charge in [0, 0.05) is 0 Å². The first-order valence-corrected chi connectivity index (χ1v) is 10.6. The zero-order valence-corrected chi connectivity index (χ0v) is 17.1. The van der Waals surface area contributed by atoms with Crippen molar-refractivity contribution in [2.45, 2.75) is 53.4 Å². The van der Waals surface area contributed by atoms with Gasteiger partial charge in [-0.3, -0.25) is 4.52 Å². The van der Waals surface area contributed by atoms with Crippen molar-refractivity contribution in [1.82, 2.24) is 6.15 Å². The summed E-state index contributed by atoms with van der Waals surface area (Å²) in [4.78, 5) is 26.1. The lowest BCUT2D eigenvalue weighted by atomic mass is 10.1. The topological polar surface area (TPSA) is 148 Å². The van der Waals surface area contributed by atoms with Gasteiger partial charge in [-0.25, -0.2) is 9.13 Å². The molecule has 0 saturated heterocycles. The number of hydrogen-bond donors (Lipinski definition) is 4. The van der Waals surface area contributed by atoms with Crippen molar-refractivity contribution in [2.24, 2.45) is 0 Å². The van der Waals surface area contributed by atoms with Gasteiger partial charge in [-0.1, -0.05) is 34.9 Å². The molecule has 0 aromatic heterocycles. The first-order chi connectivity index (χ1) is 10.9. The van der Waals surface area contributed by atoms with Crippen LogP contribution in [0.2, 0.25) is 0 Å². The molecular weight excluding hydrogens is 368 g/mol. The van der Waals surface area contributed by atoms with Crippen LogP contribution in [0.1, 0.15) is 53.4 Å². The molecule has 1 atom stereocenters. The number of rotatable bonds is 11. The van der Waals surface area contributed by atoms with Gasteiger partial charge < -0.3 is 20.8 Å². The van der Waals surface area contributed by atoms with Crippen molar-refractivity contribution in [3.8, 4) is 0 Å². The molecule has 6 N–H and O–H groups in total. The van der Waals surface area contributed by atoms with Gasteiger partial charge in [-0.15, -0.1) is 0 Å². The van der Waals surface area contributed by atoms with Crippen LogP contribution in [0.15, 0.2) is 34.9 Å². The van der Waals surface area contributed by atoms with Crippen LogP contribution < -0.4 is 6.15 Å². The zero-order valence-electron chi connectivity index (χ0n) is 15.3. The number of allylic oxidation sites excluding steroid dienone is 5. The van der Waals surface area contributed by atoms with E-state index in [1.807, 2.05) is 6.92 Å². The molecule has 0 saturated carbocycles. The monoisotopic (exact) mass is 399 g/mol. The van der Waals surface area contributed by atoms with Crippen LogP contribution in [-0.2, 0) is 18.0 Å². The third-order valence-electron chi connectivity index (χ3n) is 3.00. The largest absolute Gasteiger partial charge is 0.481 e. The SMILES string of the molecule is CC(C)=CCCC(C)=CCCC(C)=CCOP(=O)(O)OP(=O)(O)O.N. The lowest BCUT2D eigenvalue weighted by Gasteiger charge is -2.11. The smallest absolute Gasteiger partial charge is 0.344 e. The molecule has 8 nitrogen and oxygen atoms in total. The van der Waals surface area contributed by atoms with Gasteiger partial charge >= 0.3 is 15.6 Å². The van der Waals surface area contributed by atoms with Crippen LogP contribution in [0, 0.1) is 0 Å². The van der Waals surface area contributed by atoms with Gasteiger partial charge in [-0.2, -0.15) is 4.31 Å². The third kappa shape index (κ3) is 18.0. The molecule has 0 aliphatic heterocycles.